The normalized spacial score (nSPS) is 14.1. The van der Waals surface area contributed by atoms with E-state index in [1.165, 1.54) is 6.92 Å². The Bertz CT molecular complexity index is 357. The fourth-order valence-electron chi connectivity index (χ4n) is 1.20. The van der Waals surface area contributed by atoms with Crippen molar-refractivity contribution in [2.45, 2.75) is 18.9 Å². The zero-order valence-electron chi connectivity index (χ0n) is 8.20. The highest BCUT2D eigenvalue weighted by atomic mass is 16.3. The average molecular weight is 187 g/mol. The van der Waals surface area contributed by atoms with Crippen LogP contribution in [0.2, 0.25) is 0 Å². The molecule has 0 bridgehead atoms. The summed E-state index contributed by atoms with van der Waals surface area (Å²) in [5.74, 6) is 0. The number of hydrogen-bond acceptors (Lipinski definition) is 2. The Labute approximate surface area is 84.1 Å². The van der Waals surface area contributed by atoms with E-state index in [1.807, 2.05) is 24.3 Å². The fraction of sp³-hybridized carbons (Fsp3) is 0.250. The molecule has 0 radical (unpaired) electrons. The van der Waals surface area contributed by atoms with E-state index in [9.17, 15) is 5.11 Å². The van der Waals surface area contributed by atoms with Crippen LogP contribution in [0.25, 0.3) is 0 Å². The molecule has 14 heavy (non-hydrogen) atoms. The van der Waals surface area contributed by atoms with Crippen molar-refractivity contribution in [3.8, 4) is 6.07 Å². The molecular formula is C12H13NO. The van der Waals surface area contributed by atoms with Gasteiger partial charge in [0.05, 0.1) is 0 Å². The maximum atomic E-state index is 9.63. The molecule has 1 aromatic carbocycles. The van der Waals surface area contributed by atoms with Crippen molar-refractivity contribution >= 4 is 0 Å². The summed E-state index contributed by atoms with van der Waals surface area (Å²) in [6.45, 7) is 5.12. The van der Waals surface area contributed by atoms with E-state index < -0.39 is 5.60 Å². The molecule has 1 aromatic rings. The van der Waals surface area contributed by atoms with Crippen LogP contribution in [0.1, 0.15) is 18.1 Å². The van der Waals surface area contributed by atoms with E-state index in [4.69, 9.17) is 5.26 Å². The highest BCUT2D eigenvalue weighted by Crippen LogP contribution is 2.19. The Morgan fingerprint density at radius 3 is 2.50 bits per heavy atom. The number of allylic oxidation sites excluding steroid dienone is 1. The molecule has 0 fully saturated rings. The fourth-order valence-corrected chi connectivity index (χ4v) is 1.20. The lowest BCUT2D eigenvalue weighted by Crippen LogP contribution is -2.17. The van der Waals surface area contributed by atoms with Gasteiger partial charge in [0.1, 0.15) is 6.07 Å². The molecule has 0 aliphatic rings. The third-order valence-corrected chi connectivity index (χ3v) is 2.11. The van der Waals surface area contributed by atoms with Crippen molar-refractivity contribution in [1.29, 1.82) is 5.26 Å². The van der Waals surface area contributed by atoms with E-state index >= 15 is 0 Å². The molecule has 1 rings (SSSR count). The molecule has 1 N–H and O–H groups in total. The summed E-state index contributed by atoms with van der Waals surface area (Å²) in [5, 5.41) is 18.3. The van der Waals surface area contributed by atoms with Gasteiger partial charge in [0.25, 0.3) is 0 Å². The molecular weight excluding hydrogens is 174 g/mol. The number of aliphatic hydroxyl groups is 1. The first-order valence-electron chi connectivity index (χ1n) is 4.44. The van der Waals surface area contributed by atoms with Gasteiger partial charge in [-0.1, -0.05) is 30.3 Å². The average Bonchev–Trinajstić information content (AvgIpc) is 2.19. The summed E-state index contributed by atoms with van der Waals surface area (Å²) >= 11 is 0. The van der Waals surface area contributed by atoms with E-state index in [0.717, 1.165) is 12.0 Å². The molecule has 0 aliphatic carbocycles. The lowest BCUT2D eigenvalue weighted by atomic mass is 9.96. The standard InChI is InChI=1S/C12H13NO/c1-3-4-10-5-7-11(8-6-10)12(2,14)9-13/h3,5-8,14H,1,4H2,2H3. The molecule has 2 heteroatoms. The summed E-state index contributed by atoms with van der Waals surface area (Å²) in [6.07, 6.45) is 2.62. The third-order valence-electron chi connectivity index (χ3n) is 2.11. The van der Waals surface area contributed by atoms with Crippen LogP contribution in [0.5, 0.6) is 0 Å². The highest BCUT2D eigenvalue weighted by Gasteiger charge is 2.21. The topological polar surface area (TPSA) is 44.0 Å². The van der Waals surface area contributed by atoms with Gasteiger partial charge in [-0.05, 0) is 24.5 Å². The lowest BCUT2D eigenvalue weighted by molar-refractivity contribution is 0.119. The first-order chi connectivity index (χ1) is 6.60. The number of benzene rings is 1. The van der Waals surface area contributed by atoms with Crippen LogP contribution in [-0.2, 0) is 12.0 Å². The predicted octanol–water partition coefficient (Wildman–Crippen LogP) is 2.15. The van der Waals surface area contributed by atoms with Crippen LogP contribution >= 0.6 is 0 Å². The van der Waals surface area contributed by atoms with Crippen LogP contribution in [0.4, 0.5) is 0 Å². The van der Waals surface area contributed by atoms with Crippen LogP contribution in [0.3, 0.4) is 0 Å². The summed E-state index contributed by atoms with van der Waals surface area (Å²) in [4.78, 5) is 0. The quantitative estimate of drug-likeness (QED) is 0.582. The van der Waals surface area contributed by atoms with Crippen molar-refractivity contribution in [1.82, 2.24) is 0 Å². The monoisotopic (exact) mass is 187 g/mol. The second-order valence-corrected chi connectivity index (χ2v) is 3.37. The van der Waals surface area contributed by atoms with E-state index in [2.05, 4.69) is 6.58 Å². The van der Waals surface area contributed by atoms with Crippen molar-refractivity contribution in [3.05, 3.63) is 48.0 Å². The lowest BCUT2D eigenvalue weighted by Gasteiger charge is -2.14. The van der Waals surface area contributed by atoms with Gasteiger partial charge in [-0.25, -0.2) is 0 Å². The van der Waals surface area contributed by atoms with Gasteiger partial charge in [-0.3, -0.25) is 0 Å². The van der Waals surface area contributed by atoms with E-state index in [-0.39, 0.29) is 0 Å². The summed E-state index contributed by atoms with van der Waals surface area (Å²) in [6, 6.07) is 9.16. The van der Waals surface area contributed by atoms with E-state index in [0.29, 0.717) is 5.56 Å². The van der Waals surface area contributed by atoms with Gasteiger partial charge in [-0.15, -0.1) is 6.58 Å². The van der Waals surface area contributed by atoms with Gasteiger partial charge in [0.15, 0.2) is 5.60 Å². The Balaban J connectivity index is 2.95. The second kappa shape index (κ2) is 4.08. The predicted molar refractivity (Wildman–Crippen MR) is 55.5 cm³/mol. The minimum Gasteiger partial charge on any atom is -0.372 e. The smallest absolute Gasteiger partial charge is 0.173 e. The molecule has 0 amide bonds. The molecule has 0 spiro atoms. The van der Waals surface area contributed by atoms with Crippen LogP contribution in [-0.4, -0.2) is 5.11 Å². The Morgan fingerprint density at radius 2 is 2.07 bits per heavy atom. The minimum atomic E-state index is -1.40. The van der Waals surface area contributed by atoms with Crippen LogP contribution < -0.4 is 0 Å². The van der Waals surface area contributed by atoms with Crippen molar-refractivity contribution in [3.63, 3.8) is 0 Å². The van der Waals surface area contributed by atoms with Crippen LogP contribution in [0.15, 0.2) is 36.9 Å². The Hall–Kier alpha value is -1.59. The van der Waals surface area contributed by atoms with Crippen molar-refractivity contribution in [2.75, 3.05) is 0 Å². The van der Waals surface area contributed by atoms with Gasteiger partial charge in [0, 0.05) is 0 Å². The molecule has 1 unspecified atom stereocenters. The molecule has 0 aromatic heterocycles. The number of nitrogens with zero attached hydrogens (tertiary/aromatic N) is 1. The maximum absolute atomic E-state index is 9.63. The van der Waals surface area contributed by atoms with Crippen molar-refractivity contribution in [2.24, 2.45) is 0 Å². The summed E-state index contributed by atoms with van der Waals surface area (Å²) < 4.78 is 0. The number of hydrogen-bond donors (Lipinski definition) is 1. The zero-order chi connectivity index (χ0) is 10.6. The molecule has 1 atom stereocenters. The van der Waals surface area contributed by atoms with Gasteiger partial charge in [0.2, 0.25) is 0 Å². The molecule has 0 saturated carbocycles. The summed E-state index contributed by atoms with van der Waals surface area (Å²) in [5.41, 5.74) is 0.345. The molecule has 0 saturated heterocycles. The molecule has 0 aliphatic heterocycles. The van der Waals surface area contributed by atoms with Crippen molar-refractivity contribution < 1.29 is 5.11 Å². The first kappa shape index (κ1) is 10.5. The van der Waals surface area contributed by atoms with Gasteiger partial charge < -0.3 is 5.11 Å². The Morgan fingerprint density at radius 1 is 1.50 bits per heavy atom. The molecule has 72 valence electrons. The molecule has 2 nitrogen and oxygen atoms in total. The maximum Gasteiger partial charge on any atom is 0.173 e. The second-order valence-electron chi connectivity index (χ2n) is 3.37. The molecule has 0 heterocycles. The number of nitriles is 1. The zero-order valence-corrected chi connectivity index (χ0v) is 8.20. The van der Waals surface area contributed by atoms with Gasteiger partial charge in [-0.2, -0.15) is 5.26 Å². The van der Waals surface area contributed by atoms with E-state index in [1.54, 1.807) is 12.1 Å². The van der Waals surface area contributed by atoms with Crippen LogP contribution in [0, 0.1) is 11.3 Å². The largest absolute Gasteiger partial charge is 0.372 e. The number of rotatable bonds is 3. The highest BCUT2D eigenvalue weighted by molar-refractivity contribution is 5.31. The Kier molecular flexibility index (Phi) is 3.06. The SMILES string of the molecule is C=CCc1ccc(C(C)(O)C#N)cc1. The minimum absolute atomic E-state index is 0.618. The van der Waals surface area contributed by atoms with Gasteiger partial charge >= 0.3 is 0 Å². The third kappa shape index (κ3) is 2.21. The summed E-state index contributed by atoms with van der Waals surface area (Å²) in [7, 11) is 0. The first-order valence-corrected chi connectivity index (χ1v) is 4.44.